The summed E-state index contributed by atoms with van der Waals surface area (Å²) >= 11 is 0. The molecule has 0 aromatic carbocycles. The first kappa shape index (κ1) is 23.0. The van der Waals surface area contributed by atoms with Gasteiger partial charge in [-0.1, -0.05) is 20.8 Å². The Hall–Kier alpha value is -1.18. The van der Waals surface area contributed by atoms with Crippen molar-refractivity contribution in [3.63, 3.8) is 0 Å². The molecule has 0 heterocycles. The van der Waals surface area contributed by atoms with Gasteiger partial charge in [0.05, 0.1) is 14.2 Å². The first-order chi connectivity index (χ1) is 8.44. The molecule has 0 aromatic rings. The normalized spacial score (nSPS) is 12.1. The molecule has 116 valence electrons. The van der Waals surface area contributed by atoms with Gasteiger partial charge in [-0.3, -0.25) is 0 Å². The molecular formula is C12H26O7. The molecule has 0 saturated carbocycles. The van der Waals surface area contributed by atoms with Crippen LogP contribution in [0.25, 0.3) is 0 Å². The summed E-state index contributed by atoms with van der Waals surface area (Å²) < 4.78 is 8.44. The SMILES string of the molecule is C.CCCC(O)C(=O)OC.COC(=O)C(O)CCO. The minimum absolute atomic E-state index is 0. The van der Waals surface area contributed by atoms with Crippen molar-refractivity contribution in [3.05, 3.63) is 0 Å². The maximum Gasteiger partial charge on any atom is 0.334 e. The molecule has 0 radical (unpaired) electrons. The van der Waals surface area contributed by atoms with Gasteiger partial charge in [-0.2, -0.15) is 0 Å². The Labute approximate surface area is 114 Å². The van der Waals surface area contributed by atoms with Crippen molar-refractivity contribution < 1.29 is 34.4 Å². The quantitative estimate of drug-likeness (QED) is 0.581. The summed E-state index contributed by atoms with van der Waals surface area (Å²) in [4.78, 5) is 20.7. The third kappa shape index (κ3) is 13.1. The number of hydrogen-bond acceptors (Lipinski definition) is 7. The van der Waals surface area contributed by atoms with Crippen LogP contribution in [0.2, 0.25) is 0 Å². The highest BCUT2D eigenvalue weighted by Gasteiger charge is 2.13. The first-order valence-electron chi connectivity index (χ1n) is 5.57. The second kappa shape index (κ2) is 14.9. The molecule has 3 N–H and O–H groups in total. The van der Waals surface area contributed by atoms with Gasteiger partial charge in [-0.25, -0.2) is 9.59 Å². The van der Waals surface area contributed by atoms with Crippen LogP contribution >= 0.6 is 0 Å². The Bertz CT molecular complexity index is 206. The molecule has 0 saturated heterocycles. The number of aliphatic hydroxyl groups is 3. The van der Waals surface area contributed by atoms with E-state index < -0.39 is 24.1 Å². The van der Waals surface area contributed by atoms with Crippen LogP contribution in [0, 0.1) is 0 Å². The zero-order chi connectivity index (χ0) is 14.6. The Balaban J connectivity index is -0.000000256. The van der Waals surface area contributed by atoms with Crippen molar-refractivity contribution in [3.8, 4) is 0 Å². The first-order valence-corrected chi connectivity index (χ1v) is 5.57. The number of hydrogen-bond donors (Lipinski definition) is 3. The predicted octanol–water partition coefficient (Wildman–Crippen LogP) is -0.141. The minimum atomic E-state index is -1.18. The van der Waals surface area contributed by atoms with E-state index in [4.69, 9.17) is 15.3 Å². The number of esters is 2. The van der Waals surface area contributed by atoms with Crippen molar-refractivity contribution in [2.75, 3.05) is 20.8 Å². The van der Waals surface area contributed by atoms with Gasteiger partial charge in [0.15, 0.2) is 12.2 Å². The lowest BCUT2D eigenvalue weighted by Gasteiger charge is -2.04. The lowest BCUT2D eigenvalue weighted by atomic mass is 10.2. The summed E-state index contributed by atoms with van der Waals surface area (Å²) in [7, 11) is 2.45. The van der Waals surface area contributed by atoms with Crippen molar-refractivity contribution in [1.82, 2.24) is 0 Å². The second-order valence-corrected chi connectivity index (χ2v) is 3.38. The standard InChI is InChI=1S/C6H12O3.C5H10O4.CH4/c1-3-4-5(7)6(8)9-2;1-9-5(8)4(7)2-3-6;/h5,7H,3-4H2,1-2H3;4,6-7H,2-3H2,1H3;1H4. The molecule has 0 amide bonds. The molecule has 0 aromatic heterocycles. The third-order valence-electron chi connectivity index (χ3n) is 1.91. The number of carbonyl (C=O) groups is 2. The van der Waals surface area contributed by atoms with Gasteiger partial charge in [0.2, 0.25) is 0 Å². The van der Waals surface area contributed by atoms with Crippen LogP contribution in [0.15, 0.2) is 0 Å². The monoisotopic (exact) mass is 282 g/mol. The maximum absolute atomic E-state index is 10.4. The van der Waals surface area contributed by atoms with E-state index in [1.165, 1.54) is 14.2 Å². The third-order valence-corrected chi connectivity index (χ3v) is 1.91. The lowest BCUT2D eigenvalue weighted by molar-refractivity contribution is -0.151. The highest BCUT2D eigenvalue weighted by Crippen LogP contribution is 1.96. The summed E-state index contributed by atoms with van der Waals surface area (Å²) in [5.74, 6) is -1.25. The number of methoxy groups -OCH3 is 2. The molecule has 2 unspecified atom stereocenters. The van der Waals surface area contributed by atoms with E-state index in [2.05, 4.69) is 9.47 Å². The van der Waals surface area contributed by atoms with E-state index in [9.17, 15) is 9.59 Å². The number of ether oxygens (including phenoxy) is 2. The van der Waals surface area contributed by atoms with Crippen LogP contribution in [-0.2, 0) is 19.1 Å². The van der Waals surface area contributed by atoms with Gasteiger partial charge in [0.1, 0.15) is 0 Å². The van der Waals surface area contributed by atoms with E-state index in [0.717, 1.165) is 6.42 Å². The van der Waals surface area contributed by atoms with E-state index in [-0.39, 0.29) is 20.5 Å². The molecule has 7 nitrogen and oxygen atoms in total. The smallest absolute Gasteiger partial charge is 0.334 e. The molecule has 0 aliphatic rings. The van der Waals surface area contributed by atoms with Crippen LogP contribution in [-0.4, -0.2) is 60.3 Å². The van der Waals surface area contributed by atoms with Crippen molar-refractivity contribution >= 4 is 11.9 Å². The van der Waals surface area contributed by atoms with E-state index in [1.807, 2.05) is 6.92 Å². The number of aliphatic hydroxyl groups excluding tert-OH is 3. The van der Waals surface area contributed by atoms with Gasteiger partial charge in [-0.05, 0) is 6.42 Å². The largest absolute Gasteiger partial charge is 0.467 e. The molecule has 0 aliphatic carbocycles. The highest BCUT2D eigenvalue weighted by molar-refractivity contribution is 5.74. The zero-order valence-electron chi connectivity index (χ0n) is 11.0. The van der Waals surface area contributed by atoms with Crippen LogP contribution in [0.1, 0.15) is 33.6 Å². The van der Waals surface area contributed by atoms with Gasteiger partial charge < -0.3 is 24.8 Å². The molecule has 0 fully saturated rings. The average molecular weight is 282 g/mol. The van der Waals surface area contributed by atoms with Crippen LogP contribution in [0.4, 0.5) is 0 Å². The lowest BCUT2D eigenvalue weighted by Crippen LogP contribution is -2.22. The molecule has 0 aliphatic heterocycles. The summed E-state index contributed by atoms with van der Waals surface area (Å²) in [5, 5.41) is 25.7. The fraction of sp³-hybridized carbons (Fsp3) is 0.833. The van der Waals surface area contributed by atoms with Gasteiger partial charge >= 0.3 is 11.9 Å². The van der Waals surface area contributed by atoms with E-state index in [1.54, 1.807) is 0 Å². The molecule has 0 bridgehead atoms. The predicted molar refractivity (Wildman–Crippen MR) is 69.4 cm³/mol. The fourth-order valence-corrected chi connectivity index (χ4v) is 0.903. The molecule has 7 heteroatoms. The van der Waals surface area contributed by atoms with Crippen molar-refractivity contribution in [2.24, 2.45) is 0 Å². The molecule has 19 heavy (non-hydrogen) atoms. The van der Waals surface area contributed by atoms with E-state index in [0.29, 0.717) is 6.42 Å². The zero-order valence-corrected chi connectivity index (χ0v) is 11.0. The number of carbonyl (C=O) groups excluding carboxylic acids is 2. The summed E-state index contributed by atoms with van der Waals surface area (Å²) in [6.07, 6.45) is -0.810. The summed E-state index contributed by atoms with van der Waals surface area (Å²) in [5.41, 5.74) is 0. The Morgan fingerprint density at radius 1 is 1.00 bits per heavy atom. The fourth-order valence-electron chi connectivity index (χ4n) is 0.903. The van der Waals surface area contributed by atoms with Gasteiger partial charge in [0, 0.05) is 13.0 Å². The Morgan fingerprint density at radius 2 is 1.37 bits per heavy atom. The molecule has 2 atom stereocenters. The van der Waals surface area contributed by atoms with Crippen LogP contribution in [0.5, 0.6) is 0 Å². The minimum Gasteiger partial charge on any atom is -0.467 e. The van der Waals surface area contributed by atoms with E-state index >= 15 is 0 Å². The topological polar surface area (TPSA) is 113 Å². The molecule has 0 spiro atoms. The average Bonchev–Trinajstić information content (AvgIpc) is 2.38. The Morgan fingerprint density at radius 3 is 1.63 bits per heavy atom. The molecular weight excluding hydrogens is 256 g/mol. The highest BCUT2D eigenvalue weighted by atomic mass is 16.5. The summed E-state index contributed by atoms with van der Waals surface area (Å²) in [6, 6.07) is 0. The number of rotatable bonds is 6. The van der Waals surface area contributed by atoms with Crippen LogP contribution in [0.3, 0.4) is 0 Å². The van der Waals surface area contributed by atoms with Crippen molar-refractivity contribution in [2.45, 2.75) is 45.8 Å². The van der Waals surface area contributed by atoms with Gasteiger partial charge in [0.25, 0.3) is 0 Å². The van der Waals surface area contributed by atoms with Crippen molar-refractivity contribution in [1.29, 1.82) is 0 Å². The van der Waals surface area contributed by atoms with Gasteiger partial charge in [-0.15, -0.1) is 0 Å². The maximum atomic E-state index is 10.4. The second-order valence-electron chi connectivity index (χ2n) is 3.38. The van der Waals surface area contributed by atoms with Crippen LogP contribution < -0.4 is 0 Å². The Kier molecular flexibility index (Phi) is 18.0. The molecule has 0 rings (SSSR count). The summed E-state index contributed by atoms with van der Waals surface area (Å²) in [6.45, 7) is 1.68.